The van der Waals surface area contributed by atoms with Crippen LogP contribution in [0.3, 0.4) is 0 Å². The molecule has 0 aliphatic heterocycles. The van der Waals surface area contributed by atoms with Crippen LogP contribution in [-0.2, 0) is 5.41 Å². The van der Waals surface area contributed by atoms with E-state index in [-0.39, 0.29) is 11.5 Å². The predicted molar refractivity (Wildman–Crippen MR) is 73.5 cm³/mol. The SMILES string of the molecule is CN(C)CC1C2CCC(c3ccccc3)(C2)C1O. The Hall–Kier alpha value is -0.860. The summed E-state index contributed by atoms with van der Waals surface area (Å²) in [6.07, 6.45) is 3.45. The number of nitrogens with zero attached hydrogens (tertiary/aromatic N) is 1. The van der Waals surface area contributed by atoms with Crippen LogP contribution < -0.4 is 0 Å². The minimum absolute atomic E-state index is 0.0482. The monoisotopic (exact) mass is 245 g/mol. The average Bonchev–Trinajstić information content (AvgIpc) is 2.91. The van der Waals surface area contributed by atoms with Crippen LogP contribution >= 0.6 is 0 Å². The summed E-state index contributed by atoms with van der Waals surface area (Å²) in [5.74, 6) is 1.16. The van der Waals surface area contributed by atoms with Crippen LogP contribution in [-0.4, -0.2) is 36.8 Å². The lowest BCUT2D eigenvalue weighted by Gasteiger charge is -2.37. The summed E-state index contributed by atoms with van der Waals surface area (Å²) < 4.78 is 0. The Morgan fingerprint density at radius 3 is 2.67 bits per heavy atom. The van der Waals surface area contributed by atoms with E-state index in [1.165, 1.54) is 18.4 Å². The third-order valence-corrected chi connectivity index (χ3v) is 5.09. The smallest absolute Gasteiger partial charge is 0.0679 e. The lowest BCUT2D eigenvalue weighted by atomic mass is 9.72. The fourth-order valence-electron chi connectivity index (χ4n) is 4.29. The number of fused-ring (bicyclic) bond motifs is 2. The summed E-state index contributed by atoms with van der Waals surface area (Å²) in [7, 11) is 4.21. The zero-order valence-electron chi connectivity index (χ0n) is 11.3. The first-order valence-corrected chi connectivity index (χ1v) is 7.02. The maximum atomic E-state index is 10.8. The summed E-state index contributed by atoms with van der Waals surface area (Å²) in [6, 6.07) is 10.7. The lowest BCUT2D eigenvalue weighted by molar-refractivity contribution is 0.0288. The van der Waals surface area contributed by atoms with Crippen molar-refractivity contribution in [2.75, 3.05) is 20.6 Å². The topological polar surface area (TPSA) is 23.5 Å². The van der Waals surface area contributed by atoms with Crippen molar-refractivity contribution < 1.29 is 5.11 Å². The maximum Gasteiger partial charge on any atom is 0.0679 e. The molecule has 1 aromatic rings. The van der Waals surface area contributed by atoms with Crippen LogP contribution in [0.1, 0.15) is 24.8 Å². The molecule has 98 valence electrons. The van der Waals surface area contributed by atoms with E-state index < -0.39 is 0 Å². The normalized spacial score (nSPS) is 38.6. The average molecular weight is 245 g/mol. The van der Waals surface area contributed by atoms with Gasteiger partial charge in [0.25, 0.3) is 0 Å². The third-order valence-electron chi connectivity index (χ3n) is 5.09. The molecule has 0 saturated heterocycles. The molecule has 2 nitrogen and oxygen atoms in total. The molecule has 0 heterocycles. The van der Waals surface area contributed by atoms with Crippen LogP contribution in [0.4, 0.5) is 0 Å². The molecule has 3 rings (SSSR count). The van der Waals surface area contributed by atoms with E-state index in [1.54, 1.807) is 0 Å². The summed E-state index contributed by atoms with van der Waals surface area (Å²) in [6.45, 7) is 1.01. The van der Waals surface area contributed by atoms with E-state index in [2.05, 4.69) is 49.3 Å². The Kier molecular flexibility index (Phi) is 2.95. The molecule has 2 aliphatic carbocycles. The standard InChI is InChI=1S/C16H23NO/c1-17(2)11-14-12-8-9-16(10-12,15(14)18)13-6-4-3-5-7-13/h3-7,12,14-15,18H,8-11H2,1-2H3. The molecule has 2 fully saturated rings. The van der Waals surface area contributed by atoms with Gasteiger partial charge in [-0.1, -0.05) is 30.3 Å². The Balaban J connectivity index is 1.90. The molecule has 4 unspecified atom stereocenters. The molecule has 1 aromatic carbocycles. The van der Waals surface area contributed by atoms with Gasteiger partial charge in [-0.25, -0.2) is 0 Å². The summed E-state index contributed by atoms with van der Waals surface area (Å²) in [4.78, 5) is 2.22. The highest BCUT2D eigenvalue weighted by molar-refractivity contribution is 5.32. The second-order valence-corrected chi connectivity index (χ2v) is 6.40. The van der Waals surface area contributed by atoms with Crippen molar-refractivity contribution in [2.24, 2.45) is 11.8 Å². The molecule has 2 saturated carbocycles. The van der Waals surface area contributed by atoms with Crippen molar-refractivity contribution in [1.82, 2.24) is 4.90 Å². The van der Waals surface area contributed by atoms with Crippen molar-refractivity contribution in [1.29, 1.82) is 0 Å². The number of hydrogen-bond donors (Lipinski definition) is 1. The van der Waals surface area contributed by atoms with E-state index in [9.17, 15) is 5.11 Å². The van der Waals surface area contributed by atoms with Crippen LogP contribution in [0, 0.1) is 11.8 Å². The Bertz CT molecular complexity index is 416. The Morgan fingerprint density at radius 1 is 1.28 bits per heavy atom. The first-order chi connectivity index (χ1) is 8.63. The third kappa shape index (κ3) is 1.70. The summed E-state index contributed by atoms with van der Waals surface area (Å²) >= 11 is 0. The Morgan fingerprint density at radius 2 is 2.00 bits per heavy atom. The summed E-state index contributed by atoms with van der Waals surface area (Å²) in [5, 5.41) is 10.8. The Labute approximate surface area is 110 Å². The molecule has 18 heavy (non-hydrogen) atoms. The van der Waals surface area contributed by atoms with Gasteiger partial charge >= 0.3 is 0 Å². The molecule has 0 amide bonds. The zero-order valence-corrected chi connectivity index (χ0v) is 11.3. The molecule has 0 spiro atoms. The highest BCUT2D eigenvalue weighted by atomic mass is 16.3. The quantitative estimate of drug-likeness (QED) is 0.883. The zero-order chi connectivity index (χ0) is 12.8. The van der Waals surface area contributed by atoms with Gasteiger partial charge in [-0.15, -0.1) is 0 Å². The van der Waals surface area contributed by atoms with Gasteiger partial charge in [0.1, 0.15) is 0 Å². The molecule has 4 atom stereocenters. The molecular formula is C16H23NO. The van der Waals surface area contributed by atoms with Gasteiger partial charge < -0.3 is 10.0 Å². The molecule has 0 aromatic heterocycles. The van der Waals surface area contributed by atoms with Gasteiger partial charge in [0, 0.05) is 17.9 Å². The molecular weight excluding hydrogens is 222 g/mol. The number of benzene rings is 1. The van der Waals surface area contributed by atoms with E-state index >= 15 is 0 Å². The minimum Gasteiger partial charge on any atom is -0.392 e. The second kappa shape index (κ2) is 4.36. The molecule has 0 radical (unpaired) electrons. The first kappa shape index (κ1) is 12.2. The van der Waals surface area contributed by atoms with Crippen LogP contribution in [0.5, 0.6) is 0 Å². The number of hydrogen-bond acceptors (Lipinski definition) is 2. The highest BCUT2D eigenvalue weighted by Gasteiger charge is 2.57. The van der Waals surface area contributed by atoms with Crippen molar-refractivity contribution in [2.45, 2.75) is 30.8 Å². The van der Waals surface area contributed by atoms with Crippen LogP contribution in [0.25, 0.3) is 0 Å². The largest absolute Gasteiger partial charge is 0.392 e. The highest BCUT2D eigenvalue weighted by Crippen LogP contribution is 2.58. The van der Waals surface area contributed by atoms with E-state index in [0.29, 0.717) is 11.8 Å². The molecule has 1 N–H and O–H groups in total. The van der Waals surface area contributed by atoms with Gasteiger partial charge in [0.2, 0.25) is 0 Å². The van der Waals surface area contributed by atoms with Gasteiger partial charge in [0.15, 0.2) is 0 Å². The van der Waals surface area contributed by atoms with Gasteiger partial charge in [-0.2, -0.15) is 0 Å². The maximum absolute atomic E-state index is 10.8. The fraction of sp³-hybridized carbons (Fsp3) is 0.625. The second-order valence-electron chi connectivity index (χ2n) is 6.40. The molecule has 2 aliphatic rings. The summed E-state index contributed by atoms with van der Waals surface area (Å²) in [5.41, 5.74) is 1.40. The van der Waals surface area contributed by atoms with Gasteiger partial charge in [-0.3, -0.25) is 0 Å². The van der Waals surface area contributed by atoms with E-state index in [0.717, 1.165) is 13.0 Å². The number of aliphatic hydroxyl groups excluding tert-OH is 1. The van der Waals surface area contributed by atoms with E-state index in [1.807, 2.05) is 0 Å². The minimum atomic E-state index is -0.166. The van der Waals surface area contributed by atoms with Crippen molar-refractivity contribution in [3.63, 3.8) is 0 Å². The predicted octanol–water partition coefficient (Wildman–Crippen LogP) is 2.28. The van der Waals surface area contributed by atoms with Crippen molar-refractivity contribution >= 4 is 0 Å². The number of aliphatic hydroxyl groups is 1. The van der Waals surface area contributed by atoms with Crippen molar-refractivity contribution in [3.8, 4) is 0 Å². The van der Waals surface area contributed by atoms with Gasteiger partial charge in [0.05, 0.1) is 6.10 Å². The van der Waals surface area contributed by atoms with Crippen LogP contribution in [0.2, 0.25) is 0 Å². The van der Waals surface area contributed by atoms with Crippen molar-refractivity contribution in [3.05, 3.63) is 35.9 Å². The fourth-order valence-corrected chi connectivity index (χ4v) is 4.29. The first-order valence-electron chi connectivity index (χ1n) is 7.02. The van der Waals surface area contributed by atoms with Crippen LogP contribution in [0.15, 0.2) is 30.3 Å². The van der Waals surface area contributed by atoms with Gasteiger partial charge in [-0.05, 0) is 44.8 Å². The molecule has 2 heteroatoms. The lowest BCUT2D eigenvalue weighted by Crippen LogP contribution is -2.43. The number of rotatable bonds is 3. The van der Waals surface area contributed by atoms with E-state index in [4.69, 9.17) is 0 Å². The molecule has 2 bridgehead atoms.